The van der Waals surface area contributed by atoms with Gasteiger partial charge in [-0.2, -0.15) is 0 Å². The molecule has 86 valence electrons. The molecule has 0 aromatic heterocycles. The molecule has 0 radical (unpaired) electrons. The quantitative estimate of drug-likeness (QED) is 0.776. The summed E-state index contributed by atoms with van der Waals surface area (Å²) in [5.41, 5.74) is 1.11. The summed E-state index contributed by atoms with van der Waals surface area (Å²) in [5.74, 6) is -0.165. The number of hydrogen-bond acceptors (Lipinski definition) is 2. The molecule has 0 saturated carbocycles. The third kappa shape index (κ3) is 3.77. The highest BCUT2D eigenvalue weighted by Crippen LogP contribution is 2.15. The van der Waals surface area contributed by atoms with Gasteiger partial charge in [-0.1, -0.05) is 18.7 Å². The lowest BCUT2D eigenvalue weighted by Crippen LogP contribution is -2.05. The molecule has 0 atom stereocenters. The van der Waals surface area contributed by atoms with Crippen molar-refractivity contribution in [2.45, 2.75) is 26.4 Å². The van der Waals surface area contributed by atoms with Crippen LogP contribution in [0.2, 0.25) is 0 Å². The predicted octanol–water partition coefficient (Wildman–Crippen LogP) is 2.66. The third-order valence-corrected chi connectivity index (χ3v) is 2.02. The molecule has 0 spiro atoms. The summed E-state index contributed by atoms with van der Waals surface area (Å²) in [6.07, 6.45) is 0.497. The monoisotopic (exact) mass is 220 g/mol. The van der Waals surface area contributed by atoms with Gasteiger partial charge >= 0.3 is 5.97 Å². The minimum absolute atomic E-state index is 0.139. The van der Waals surface area contributed by atoms with Gasteiger partial charge in [0.05, 0.1) is 6.10 Å². The number of rotatable bonds is 5. The zero-order valence-electron chi connectivity index (χ0n) is 9.56. The molecule has 1 aromatic carbocycles. The van der Waals surface area contributed by atoms with Gasteiger partial charge in [0.1, 0.15) is 5.75 Å². The maximum atomic E-state index is 10.6. The van der Waals surface area contributed by atoms with Crippen LogP contribution in [0, 0.1) is 0 Å². The summed E-state index contributed by atoms with van der Waals surface area (Å²) in [4.78, 5) is 10.6. The molecule has 0 fully saturated rings. The van der Waals surface area contributed by atoms with Crippen LogP contribution in [0.5, 0.6) is 5.75 Å². The van der Waals surface area contributed by atoms with Crippen LogP contribution in [0.3, 0.4) is 0 Å². The van der Waals surface area contributed by atoms with Crippen molar-refractivity contribution in [3.8, 4) is 5.75 Å². The summed E-state index contributed by atoms with van der Waals surface area (Å²) in [6.45, 7) is 7.41. The molecule has 1 rings (SSSR count). The van der Waals surface area contributed by atoms with Gasteiger partial charge < -0.3 is 9.84 Å². The Balaban J connectivity index is 2.64. The van der Waals surface area contributed by atoms with Gasteiger partial charge in [-0.15, -0.1) is 0 Å². The van der Waals surface area contributed by atoms with Crippen LogP contribution in [0.1, 0.15) is 19.4 Å². The van der Waals surface area contributed by atoms with E-state index in [4.69, 9.17) is 9.84 Å². The molecule has 3 nitrogen and oxygen atoms in total. The Labute approximate surface area is 95.4 Å². The largest absolute Gasteiger partial charge is 0.491 e. The van der Waals surface area contributed by atoms with Crippen LogP contribution in [-0.4, -0.2) is 17.2 Å². The first kappa shape index (κ1) is 12.3. The molecular formula is C13H16O3. The first-order valence-corrected chi connectivity index (χ1v) is 5.15. The number of benzene rings is 1. The number of carboxylic acid groups (broad SMARTS) is 1. The summed E-state index contributed by atoms with van der Waals surface area (Å²) >= 11 is 0. The topological polar surface area (TPSA) is 46.5 Å². The molecule has 0 bridgehead atoms. The van der Waals surface area contributed by atoms with E-state index in [0.29, 0.717) is 6.42 Å². The lowest BCUT2D eigenvalue weighted by atomic mass is 10.1. The van der Waals surface area contributed by atoms with E-state index >= 15 is 0 Å². The fourth-order valence-electron chi connectivity index (χ4n) is 1.28. The molecule has 0 aliphatic carbocycles. The minimum Gasteiger partial charge on any atom is -0.491 e. The highest BCUT2D eigenvalue weighted by molar-refractivity contribution is 5.86. The second-order valence-corrected chi connectivity index (χ2v) is 3.90. The van der Waals surface area contributed by atoms with E-state index in [2.05, 4.69) is 6.58 Å². The van der Waals surface area contributed by atoms with E-state index in [9.17, 15) is 4.79 Å². The molecule has 1 N–H and O–H groups in total. The van der Waals surface area contributed by atoms with Crippen LogP contribution < -0.4 is 4.74 Å². The molecule has 1 aromatic rings. The van der Waals surface area contributed by atoms with Crippen molar-refractivity contribution in [3.05, 3.63) is 42.0 Å². The average Bonchev–Trinajstić information content (AvgIpc) is 2.20. The molecule has 3 heteroatoms. The molecule has 0 aliphatic rings. The van der Waals surface area contributed by atoms with Gasteiger partial charge in [-0.3, -0.25) is 0 Å². The molecular weight excluding hydrogens is 204 g/mol. The number of aliphatic carboxylic acids is 1. The molecule has 0 saturated heterocycles. The van der Waals surface area contributed by atoms with Gasteiger partial charge in [0.25, 0.3) is 0 Å². The highest BCUT2D eigenvalue weighted by atomic mass is 16.5. The van der Waals surface area contributed by atoms with E-state index < -0.39 is 5.97 Å². The van der Waals surface area contributed by atoms with E-state index in [0.717, 1.165) is 11.3 Å². The Kier molecular flexibility index (Phi) is 4.11. The van der Waals surface area contributed by atoms with Crippen LogP contribution in [-0.2, 0) is 11.2 Å². The van der Waals surface area contributed by atoms with Gasteiger partial charge in [-0.05, 0) is 31.5 Å². The van der Waals surface area contributed by atoms with Gasteiger partial charge in [0.2, 0.25) is 0 Å². The lowest BCUT2D eigenvalue weighted by molar-refractivity contribution is -0.132. The number of carbonyl (C=O) groups is 1. The van der Waals surface area contributed by atoms with Crippen molar-refractivity contribution >= 4 is 5.97 Å². The normalized spacial score (nSPS) is 10.2. The number of carboxylic acids is 1. The minimum atomic E-state index is -0.956. The van der Waals surface area contributed by atoms with Crippen LogP contribution >= 0.6 is 0 Å². The Bertz CT molecular complexity index is 377. The standard InChI is InChI=1S/C13H16O3/c1-9(2)16-12-6-4-11(5-7-12)8-10(3)13(14)15/h4-7,9H,3,8H2,1-2H3,(H,14,15). The zero-order valence-corrected chi connectivity index (χ0v) is 9.56. The van der Waals surface area contributed by atoms with E-state index in [-0.39, 0.29) is 11.7 Å². The molecule has 0 aliphatic heterocycles. The maximum Gasteiger partial charge on any atom is 0.331 e. The Morgan fingerprint density at radius 3 is 2.38 bits per heavy atom. The van der Waals surface area contributed by atoms with Gasteiger partial charge in [-0.25, -0.2) is 4.79 Å². The smallest absolute Gasteiger partial charge is 0.331 e. The van der Waals surface area contributed by atoms with E-state index in [1.165, 1.54) is 0 Å². The van der Waals surface area contributed by atoms with Gasteiger partial charge in [0, 0.05) is 12.0 Å². The molecule has 16 heavy (non-hydrogen) atoms. The summed E-state index contributed by atoms with van der Waals surface area (Å²) in [6, 6.07) is 7.38. The number of hydrogen-bond donors (Lipinski definition) is 1. The van der Waals surface area contributed by atoms with E-state index in [1.807, 2.05) is 38.1 Å². The van der Waals surface area contributed by atoms with Crippen LogP contribution in [0.25, 0.3) is 0 Å². The number of ether oxygens (including phenoxy) is 1. The fraction of sp³-hybridized carbons (Fsp3) is 0.308. The maximum absolute atomic E-state index is 10.6. The SMILES string of the molecule is C=C(Cc1ccc(OC(C)C)cc1)C(=O)O. The van der Waals surface area contributed by atoms with Crippen LogP contribution in [0.4, 0.5) is 0 Å². The highest BCUT2D eigenvalue weighted by Gasteiger charge is 2.05. The average molecular weight is 220 g/mol. The zero-order chi connectivity index (χ0) is 12.1. The fourth-order valence-corrected chi connectivity index (χ4v) is 1.28. The lowest BCUT2D eigenvalue weighted by Gasteiger charge is -2.10. The van der Waals surface area contributed by atoms with Crippen LogP contribution in [0.15, 0.2) is 36.4 Å². The third-order valence-electron chi connectivity index (χ3n) is 2.02. The summed E-state index contributed by atoms with van der Waals surface area (Å²) in [7, 11) is 0. The second-order valence-electron chi connectivity index (χ2n) is 3.90. The molecule has 0 amide bonds. The van der Waals surface area contributed by atoms with Crippen molar-refractivity contribution in [1.82, 2.24) is 0 Å². The first-order chi connectivity index (χ1) is 7.49. The van der Waals surface area contributed by atoms with Crippen molar-refractivity contribution in [2.24, 2.45) is 0 Å². The van der Waals surface area contributed by atoms with Crippen molar-refractivity contribution in [3.63, 3.8) is 0 Å². The first-order valence-electron chi connectivity index (χ1n) is 5.15. The Hall–Kier alpha value is -1.77. The van der Waals surface area contributed by atoms with Gasteiger partial charge in [0.15, 0.2) is 0 Å². The predicted molar refractivity (Wildman–Crippen MR) is 62.7 cm³/mol. The summed E-state index contributed by atoms with van der Waals surface area (Å²) in [5, 5.41) is 8.69. The van der Waals surface area contributed by atoms with Crippen molar-refractivity contribution in [2.75, 3.05) is 0 Å². The molecule has 0 heterocycles. The summed E-state index contributed by atoms with van der Waals surface area (Å²) < 4.78 is 5.48. The van der Waals surface area contributed by atoms with Crippen molar-refractivity contribution < 1.29 is 14.6 Å². The Morgan fingerprint density at radius 2 is 1.94 bits per heavy atom. The second kappa shape index (κ2) is 5.35. The van der Waals surface area contributed by atoms with Crippen molar-refractivity contribution in [1.29, 1.82) is 0 Å². The Morgan fingerprint density at radius 1 is 1.38 bits per heavy atom. The molecule has 0 unspecified atom stereocenters. The van der Waals surface area contributed by atoms with E-state index in [1.54, 1.807) is 0 Å².